The van der Waals surface area contributed by atoms with Crippen molar-refractivity contribution in [2.24, 2.45) is 0 Å². The van der Waals surface area contributed by atoms with Crippen molar-refractivity contribution in [2.45, 2.75) is 360 Å². The fourth-order valence-electron chi connectivity index (χ4n) is 10.3. The predicted octanol–water partition coefficient (Wildman–Crippen LogP) is 19.4. The molecule has 0 fully saturated rings. The molecule has 0 aliphatic carbocycles. The molecule has 0 bridgehead atoms. The minimum absolute atomic E-state index is 0.0169. The number of phosphoric acid groups is 1. The van der Waals surface area contributed by atoms with E-state index in [9.17, 15) is 19.4 Å². The lowest BCUT2D eigenvalue weighted by Gasteiger charge is -2.30. The van der Waals surface area contributed by atoms with Crippen LogP contribution in [0, 0.1) is 0 Å². The number of hydrogen-bond donors (Lipinski definition) is 2. The maximum absolute atomic E-state index is 13.0. The quantitative estimate of drug-likeness (QED) is 0.0357. The first kappa shape index (κ1) is 71.5. The van der Waals surface area contributed by atoms with E-state index in [1.807, 2.05) is 21.1 Å². The molecule has 0 heterocycles. The summed E-state index contributed by atoms with van der Waals surface area (Å²) >= 11 is 0. The Labute approximate surface area is 450 Å². The average molecular weight is 1040 g/mol. The number of phosphoric ester groups is 1. The lowest BCUT2D eigenvalue weighted by atomic mass is 10.0. The highest BCUT2D eigenvalue weighted by Crippen LogP contribution is 2.38. The molecule has 3 unspecified atom stereocenters. The van der Waals surface area contributed by atoms with Crippen LogP contribution in [0.15, 0.2) is 0 Å². The number of nitrogens with one attached hydrogen (secondary N) is 1. The first-order valence-corrected chi connectivity index (χ1v) is 33.8. The zero-order valence-corrected chi connectivity index (χ0v) is 50.3. The van der Waals surface area contributed by atoms with E-state index in [1.165, 1.54) is 283 Å². The van der Waals surface area contributed by atoms with Crippen molar-refractivity contribution in [3.63, 3.8) is 0 Å². The largest absolute Gasteiger partial charge is 0.756 e. The van der Waals surface area contributed by atoms with Crippen LogP contribution in [0.25, 0.3) is 0 Å². The van der Waals surface area contributed by atoms with Gasteiger partial charge in [0.2, 0.25) is 5.91 Å². The Kier molecular flexibility index (Phi) is 54.9. The molecule has 0 radical (unpaired) electrons. The summed E-state index contributed by atoms with van der Waals surface area (Å²) in [5.74, 6) is -0.155. The fourth-order valence-corrected chi connectivity index (χ4v) is 11.0. The number of aliphatic hydroxyl groups excluding tert-OH is 1. The second kappa shape index (κ2) is 55.3. The molecule has 72 heavy (non-hydrogen) atoms. The van der Waals surface area contributed by atoms with Crippen molar-refractivity contribution < 1.29 is 32.9 Å². The molecular weight excluding hydrogens is 912 g/mol. The van der Waals surface area contributed by atoms with Crippen molar-refractivity contribution in [3.8, 4) is 0 Å². The van der Waals surface area contributed by atoms with Gasteiger partial charge in [0.15, 0.2) is 0 Å². The number of carbonyl (C=O) groups is 1. The van der Waals surface area contributed by atoms with E-state index >= 15 is 0 Å². The number of amides is 1. The summed E-state index contributed by atoms with van der Waals surface area (Å²) in [6.07, 6.45) is 67.3. The van der Waals surface area contributed by atoms with E-state index in [0.717, 1.165) is 38.5 Å². The number of unbranched alkanes of at least 4 members (excludes halogenated alkanes) is 48. The van der Waals surface area contributed by atoms with Crippen LogP contribution in [-0.4, -0.2) is 68.5 Å². The summed E-state index contributed by atoms with van der Waals surface area (Å²) in [4.78, 5) is 25.6. The lowest BCUT2D eigenvalue weighted by Crippen LogP contribution is -2.46. The van der Waals surface area contributed by atoms with Gasteiger partial charge in [-0.2, -0.15) is 0 Å². The van der Waals surface area contributed by atoms with Gasteiger partial charge in [-0.05, 0) is 12.8 Å². The third-order valence-electron chi connectivity index (χ3n) is 15.3. The Balaban J connectivity index is 4.04. The van der Waals surface area contributed by atoms with Crippen molar-refractivity contribution in [2.75, 3.05) is 40.9 Å². The molecule has 0 saturated carbocycles. The molecule has 8 nitrogen and oxygen atoms in total. The maximum atomic E-state index is 13.0. The third-order valence-corrected chi connectivity index (χ3v) is 16.3. The Bertz CT molecular complexity index is 1140. The van der Waals surface area contributed by atoms with Gasteiger partial charge >= 0.3 is 0 Å². The molecule has 0 aromatic rings. The van der Waals surface area contributed by atoms with Gasteiger partial charge < -0.3 is 28.8 Å². The van der Waals surface area contributed by atoms with Gasteiger partial charge in [-0.25, -0.2) is 0 Å². The van der Waals surface area contributed by atoms with Gasteiger partial charge in [0.25, 0.3) is 7.82 Å². The van der Waals surface area contributed by atoms with Gasteiger partial charge in [0.05, 0.1) is 39.9 Å². The zero-order valence-electron chi connectivity index (χ0n) is 49.4. The summed E-state index contributed by atoms with van der Waals surface area (Å²) in [5, 5.41) is 14.1. The third kappa shape index (κ3) is 57.2. The molecule has 0 aliphatic rings. The van der Waals surface area contributed by atoms with Crippen LogP contribution in [0.1, 0.15) is 348 Å². The van der Waals surface area contributed by atoms with E-state index < -0.39 is 20.0 Å². The van der Waals surface area contributed by atoms with Crippen LogP contribution < -0.4 is 10.2 Å². The van der Waals surface area contributed by atoms with Crippen molar-refractivity contribution in [1.29, 1.82) is 0 Å². The van der Waals surface area contributed by atoms with Crippen LogP contribution in [-0.2, 0) is 18.4 Å². The van der Waals surface area contributed by atoms with E-state index in [0.29, 0.717) is 23.9 Å². The molecule has 0 aliphatic heterocycles. The Hall–Kier alpha value is -0.500. The first-order valence-electron chi connectivity index (χ1n) is 32.4. The van der Waals surface area contributed by atoms with E-state index in [2.05, 4.69) is 19.2 Å². The minimum Gasteiger partial charge on any atom is -0.756 e. The Morgan fingerprint density at radius 3 is 0.944 bits per heavy atom. The van der Waals surface area contributed by atoms with Gasteiger partial charge in [0, 0.05) is 6.42 Å². The van der Waals surface area contributed by atoms with E-state index in [-0.39, 0.29) is 19.1 Å². The van der Waals surface area contributed by atoms with E-state index in [4.69, 9.17) is 9.05 Å². The molecule has 3 atom stereocenters. The number of carbonyl (C=O) groups excluding carboxylic acids is 1. The molecule has 2 N–H and O–H groups in total. The van der Waals surface area contributed by atoms with Crippen LogP contribution in [0.2, 0.25) is 0 Å². The highest BCUT2D eigenvalue weighted by Gasteiger charge is 2.24. The maximum Gasteiger partial charge on any atom is 0.268 e. The topological polar surface area (TPSA) is 108 Å². The van der Waals surface area contributed by atoms with Crippen LogP contribution >= 0.6 is 7.82 Å². The highest BCUT2D eigenvalue weighted by atomic mass is 31.2. The van der Waals surface area contributed by atoms with Crippen LogP contribution in [0.4, 0.5) is 0 Å². The molecule has 0 rings (SSSR count). The number of nitrogens with zero attached hydrogens (tertiary/aromatic N) is 1. The predicted molar refractivity (Wildman–Crippen MR) is 312 cm³/mol. The van der Waals surface area contributed by atoms with Gasteiger partial charge in [0.1, 0.15) is 13.2 Å². The minimum atomic E-state index is -4.57. The number of quaternary nitrogens is 1. The Morgan fingerprint density at radius 2 is 0.681 bits per heavy atom. The SMILES string of the molecule is CCCCCCCCCCCCCCCCCCCCCCCCCCCCCCC(O)C(COP(=O)([O-])OCC[N+](C)(C)C)NC(=O)CCCCCCCCCCCCCCCCCCCCCCCC. The first-order chi connectivity index (χ1) is 35.0. The second-order valence-electron chi connectivity index (χ2n) is 23.8. The molecule has 0 aromatic heterocycles. The summed E-state index contributed by atoms with van der Waals surface area (Å²) < 4.78 is 23.5. The van der Waals surface area contributed by atoms with Crippen LogP contribution in [0.5, 0.6) is 0 Å². The van der Waals surface area contributed by atoms with Gasteiger partial charge in [-0.3, -0.25) is 9.36 Å². The molecule has 9 heteroatoms. The summed E-state index contributed by atoms with van der Waals surface area (Å²) in [5.41, 5.74) is 0. The van der Waals surface area contributed by atoms with Crippen LogP contribution in [0.3, 0.4) is 0 Å². The van der Waals surface area contributed by atoms with Crippen molar-refractivity contribution in [1.82, 2.24) is 5.32 Å². The van der Waals surface area contributed by atoms with Gasteiger partial charge in [-0.1, -0.05) is 328 Å². The van der Waals surface area contributed by atoms with Crippen molar-refractivity contribution >= 4 is 13.7 Å². The lowest BCUT2D eigenvalue weighted by molar-refractivity contribution is -0.870. The fraction of sp³-hybridized carbons (Fsp3) is 0.984. The number of aliphatic hydroxyl groups is 1. The zero-order chi connectivity index (χ0) is 52.7. The smallest absolute Gasteiger partial charge is 0.268 e. The second-order valence-corrected chi connectivity index (χ2v) is 25.3. The normalized spacial score (nSPS) is 13.7. The summed E-state index contributed by atoms with van der Waals surface area (Å²) in [6, 6.07) is -0.796. The summed E-state index contributed by atoms with van der Waals surface area (Å²) in [7, 11) is 1.33. The average Bonchev–Trinajstić information content (AvgIpc) is 3.34. The van der Waals surface area contributed by atoms with Crippen molar-refractivity contribution in [3.05, 3.63) is 0 Å². The molecule has 0 saturated heterocycles. The number of hydrogen-bond acceptors (Lipinski definition) is 6. The highest BCUT2D eigenvalue weighted by molar-refractivity contribution is 7.45. The molecule has 1 amide bonds. The Morgan fingerprint density at radius 1 is 0.431 bits per heavy atom. The van der Waals surface area contributed by atoms with E-state index in [1.54, 1.807) is 0 Å². The standard InChI is InChI=1S/C63H129N2O6P/c1-6-8-10-12-14-16-18-20-22-24-26-28-30-31-32-33-34-35-36-38-40-42-44-46-48-50-52-54-56-62(66)61(60-71-72(68,69)70-59-58-65(3,4)5)64-63(67)57-55-53-51-49-47-45-43-41-39-37-29-27-25-23-21-19-17-15-13-11-9-7-2/h61-62,66H,6-60H2,1-5H3,(H-,64,67,68,69). The molecule has 432 valence electrons. The monoisotopic (exact) mass is 1040 g/mol. The molecular formula is C63H129N2O6P. The molecule has 0 aromatic carbocycles. The number of rotatable bonds is 61. The number of likely N-dealkylation sites (N-methyl/N-ethyl adjacent to an activating group) is 1. The molecule has 0 spiro atoms. The van der Waals surface area contributed by atoms with Gasteiger partial charge in [-0.15, -0.1) is 0 Å². The summed E-state index contributed by atoms with van der Waals surface area (Å²) in [6.45, 7) is 4.79.